The lowest BCUT2D eigenvalue weighted by atomic mass is 9.92. The van der Waals surface area contributed by atoms with Crippen LogP contribution in [0, 0.1) is 3.57 Å². The average Bonchev–Trinajstić information content (AvgIpc) is 2.32. The first-order chi connectivity index (χ1) is 8.39. The van der Waals surface area contributed by atoms with Gasteiger partial charge >= 0.3 is 0 Å². The first kappa shape index (κ1) is 13.8. The molecule has 1 aliphatic heterocycles. The molecule has 0 saturated carbocycles. The second kappa shape index (κ2) is 5.19. The summed E-state index contributed by atoms with van der Waals surface area (Å²) in [6.07, 6.45) is 3.64. The third-order valence-electron chi connectivity index (χ3n) is 3.22. The van der Waals surface area contributed by atoms with Crippen molar-refractivity contribution < 1.29 is 0 Å². The van der Waals surface area contributed by atoms with Gasteiger partial charge in [0.25, 0.3) is 5.56 Å². The molecule has 0 bridgehead atoms. The fourth-order valence-electron chi connectivity index (χ4n) is 2.20. The monoisotopic (exact) mass is 361 g/mol. The Labute approximate surface area is 121 Å². The molecule has 0 unspecified atom stereocenters. The summed E-state index contributed by atoms with van der Waals surface area (Å²) in [5.41, 5.74) is 0.776. The molecule has 2 rings (SSSR count). The Balaban J connectivity index is 2.44. The molecule has 1 aromatic heterocycles. The van der Waals surface area contributed by atoms with Gasteiger partial charge in [0.15, 0.2) is 0 Å². The van der Waals surface area contributed by atoms with Crippen LogP contribution in [-0.4, -0.2) is 23.1 Å². The third-order valence-corrected chi connectivity index (χ3v) is 4.22. The van der Waals surface area contributed by atoms with Gasteiger partial charge in [-0.25, -0.2) is 4.98 Å². The van der Waals surface area contributed by atoms with E-state index in [1.807, 2.05) is 0 Å². The van der Waals surface area contributed by atoms with Crippen LogP contribution in [-0.2, 0) is 5.41 Å². The lowest BCUT2D eigenvalue weighted by molar-refractivity contribution is 0.543. The van der Waals surface area contributed by atoms with Gasteiger partial charge in [0.1, 0.15) is 3.57 Å². The highest BCUT2D eigenvalue weighted by molar-refractivity contribution is 14.1. The molecule has 18 heavy (non-hydrogen) atoms. The van der Waals surface area contributed by atoms with E-state index in [0.717, 1.165) is 24.7 Å². The quantitative estimate of drug-likeness (QED) is 0.783. The minimum atomic E-state index is -0.102. The molecule has 1 N–H and O–H groups in total. The van der Waals surface area contributed by atoms with Crippen LogP contribution in [0.1, 0.15) is 45.7 Å². The smallest absolute Gasteiger partial charge is 0.266 e. The van der Waals surface area contributed by atoms with E-state index in [4.69, 9.17) is 4.98 Å². The molecule has 100 valence electrons. The fraction of sp³-hybridized carbons (Fsp3) is 0.692. The summed E-state index contributed by atoms with van der Waals surface area (Å²) in [5, 5.41) is 0. The number of aromatic nitrogens is 2. The molecule has 4 nitrogen and oxygen atoms in total. The SMILES string of the molecule is CC(C)(C)c1nc(N2CCCCC2)[nH]c(=O)c1I. The van der Waals surface area contributed by atoms with Gasteiger partial charge in [-0.05, 0) is 41.9 Å². The Kier molecular flexibility index (Phi) is 3.99. The van der Waals surface area contributed by atoms with E-state index in [1.165, 1.54) is 19.3 Å². The van der Waals surface area contributed by atoms with Crippen LogP contribution in [0.2, 0.25) is 0 Å². The number of nitrogens with zero attached hydrogens (tertiary/aromatic N) is 2. The molecular formula is C13H20IN3O. The Bertz CT molecular complexity index is 484. The molecule has 0 atom stereocenters. The van der Waals surface area contributed by atoms with Crippen molar-refractivity contribution in [2.75, 3.05) is 18.0 Å². The van der Waals surface area contributed by atoms with Crippen LogP contribution in [0.3, 0.4) is 0 Å². The van der Waals surface area contributed by atoms with E-state index in [1.54, 1.807) is 0 Å². The zero-order valence-corrected chi connectivity index (χ0v) is 13.4. The highest BCUT2D eigenvalue weighted by atomic mass is 127. The minimum Gasteiger partial charge on any atom is -0.342 e. The number of piperidine rings is 1. The molecule has 5 heteroatoms. The zero-order chi connectivity index (χ0) is 13.3. The van der Waals surface area contributed by atoms with Crippen molar-refractivity contribution in [3.05, 3.63) is 19.6 Å². The summed E-state index contributed by atoms with van der Waals surface area (Å²) < 4.78 is 0.709. The summed E-state index contributed by atoms with van der Waals surface area (Å²) in [4.78, 5) is 21.8. The van der Waals surface area contributed by atoms with Gasteiger partial charge in [0.2, 0.25) is 5.95 Å². The first-order valence-electron chi connectivity index (χ1n) is 6.45. The molecule has 0 aliphatic carbocycles. The van der Waals surface area contributed by atoms with E-state index in [0.29, 0.717) is 3.57 Å². The second-order valence-corrected chi connectivity index (χ2v) is 6.93. The van der Waals surface area contributed by atoms with Crippen molar-refractivity contribution in [1.29, 1.82) is 0 Å². The molecule has 1 saturated heterocycles. The van der Waals surface area contributed by atoms with Crippen LogP contribution >= 0.6 is 22.6 Å². The highest BCUT2D eigenvalue weighted by Gasteiger charge is 2.23. The Morgan fingerprint density at radius 1 is 1.22 bits per heavy atom. The minimum absolute atomic E-state index is 0.0175. The molecule has 1 aliphatic rings. The van der Waals surface area contributed by atoms with E-state index >= 15 is 0 Å². The number of H-pyrrole nitrogens is 1. The van der Waals surface area contributed by atoms with Crippen LogP contribution < -0.4 is 10.5 Å². The van der Waals surface area contributed by atoms with Gasteiger partial charge in [0.05, 0.1) is 5.69 Å². The molecule has 0 radical (unpaired) electrons. The van der Waals surface area contributed by atoms with E-state index in [-0.39, 0.29) is 11.0 Å². The summed E-state index contributed by atoms with van der Waals surface area (Å²) in [6, 6.07) is 0. The molecule has 2 heterocycles. The summed E-state index contributed by atoms with van der Waals surface area (Å²) in [6.45, 7) is 8.27. The van der Waals surface area contributed by atoms with Crippen LogP contribution in [0.5, 0.6) is 0 Å². The van der Waals surface area contributed by atoms with Crippen LogP contribution in [0.4, 0.5) is 5.95 Å². The molecule has 1 aromatic rings. The van der Waals surface area contributed by atoms with Crippen molar-refractivity contribution in [2.24, 2.45) is 0 Å². The van der Waals surface area contributed by atoms with Crippen LogP contribution in [0.25, 0.3) is 0 Å². The third kappa shape index (κ3) is 2.87. The van der Waals surface area contributed by atoms with Gasteiger partial charge in [-0.2, -0.15) is 0 Å². The highest BCUT2D eigenvalue weighted by Crippen LogP contribution is 2.25. The van der Waals surface area contributed by atoms with E-state index < -0.39 is 0 Å². The van der Waals surface area contributed by atoms with Gasteiger partial charge in [-0.3, -0.25) is 9.78 Å². The van der Waals surface area contributed by atoms with Gasteiger partial charge in [-0.1, -0.05) is 20.8 Å². The normalized spacial score (nSPS) is 17.0. The predicted molar refractivity (Wildman–Crippen MR) is 82.3 cm³/mol. The maximum atomic E-state index is 12.0. The number of rotatable bonds is 1. The lowest BCUT2D eigenvalue weighted by Gasteiger charge is -2.29. The van der Waals surface area contributed by atoms with Crippen molar-refractivity contribution in [3.8, 4) is 0 Å². The lowest BCUT2D eigenvalue weighted by Crippen LogP contribution is -2.34. The first-order valence-corrected chi connectivity index (χ1v) is 7.53. The number of hydrogen-bond acceptors (Lipinski definition) is 3. The van der Waals surface area contributed by atoms with Crippen LogP contribution in [0.15, 0.2) is 4.79 Å². The average molecular weight is 361 g/mol. The predicted octanol–water partition coefficient (Wildman–Crippen LogP) is 2.66. The maximum absolute atomic E-state index is 12.0. The summed E-state index contributed by atoms with van der Waals surface area (Å²) in [7, 11) is 0. The zero-order valence-electron chi connectivity index (χ0n) is 11.2. The molecular weight excluding hydrogens is 341 g/mol. The Morgan fingerprint density at radius 2 is 1.83 bits per heavy atom. The molecule has 0 aromatic carbocycles. The molecule has 0 amide bonds. The standard InChI is InChI=1S/C13H20IN3O/c1-13(2,3)10-9(14)11(18)16-12(15-10)17-7-5-4-6-8-17/h4-8H2,1-3H3,(H,15,16,18). The number of nitrogens with one attached hydrogen (secondary N) is 1. The largest absolute Gasteiger partial charge is 0.342 e. The maximum Gasteiger partial charge on any atom is 0.266 e. The fourth-order valence-corrected chi connectivity index (χ4v) is 3.26. The van der Waals surface area contributed by atoms with E-state index in [9.17, 15) is 4.79 Å². The van der Waals surface area contributed by atoms with Crippen molar-refractivity contribution >= 4 is 28.5 Å². The van der Waals surface area contributed by atoms with Crippen molar-refractivity contribution in [2.45, 2.75) is 45.4 Å². The summed E-state index contributed by atoms with van der Waals surface area (Å²) in [5.74, 6) is 0.741. The number of anilines is 1. The van der Waals surface area contributed by atoms with Gasteiger partial charge in [0, 0.05) is 18.5 Å². The van der Waals surface area contributed by atoms with Crippen molar-refractivity contribution in [1.82, 2.24) is 9.97 Å². The summed E-state index contributed by atoms with van der Waals surface area (Å²) >= 11 is 2.09. The van der Waals surface area contributed by atoms with Gasteiger partial charge in [-0.15, -0.1) is 0 Å². The van der Waals surface area contributed by atoms with Crippen molar-refractivity contribution in [3.63, 3.8) is 0 Å². The molecule has 1 fully saturated rings. The Hall–Kier alpha value is -0.590. The molecule has 0 spiro atoms. The topological polar surface area (TPSA) is 49.0 Å². The number of aromatic amines is 1. The number of hydrogen-bond donors (Lipinski definition) is 1. The van der Waals surface area contributed by atoms with E-state index in [2.05, 4.69) is 53.2 Å². The van der Waals surface area contributed by atoms with Gasteiger partial charge < -0.3 is 4.90 Å². The number of halogens is 1. The second-order valence-electron chi connectivity index (χ2n) is 5.85. The Morgan fingerprint density at radius 3 is 2.39 bits per heavy atom.